The predicted octanol–water partition coefficient (Wildman–Crippen LogP) is 5.15. The van der Waals surface area contributed by atoms with Crippen LogP contribution in [0.5, 0.6) is 5.75 Å². The molecule has 1 atom stereocenters. The van der Waals surface area contributed by atoms with Gasteiger partial charge in [0.05, 0.1) is 24.0 Å². The Kier molecular flexibility index (Phi) is 7.36. The first-order chi connectivity index (χ1) is 16.1. The van der Waals surface area contributed by atoms with Crippen LogP contribution in [0.25, 0.3) is 11.4 Å². The van der Waals surface area contributed by atoms with E-state index in [1.54, 1.807) is 18.4 Å². The number of carbonyl (C=O) groups excluding carboxylic acids is 1. The minimum atomic E-state index is -0.147. The number of thiophene rings is 1. The van der Waals surface area contributed by atoms with Crippen molar-refractivity contribution >= 4 is 34.0 Å². The topological polar surface area (TPSA) is 92.8 Å². The lowest BCUT2D eigenvalue weighted by Gasteiger charge is -2.20. The average Bonchev–Trinajstić information content (AvgIpc) is 3.41. The summed E-state index contributed by atoms with van der Waals surface area (Å²) >= 11 is 2.90. The van der Waals surface area contributed by atoms with Crippen LogP contribution in [0.2, 0.25) is 0 Å². The van der Waals surface area contributed by atoms with E-state index in [-0.39, 0.29) is 11.7 Å². The molecule has 0 bridgehead atoms. The minimum Gasteiger partial charge on any atom is -0.496 e. The summed E-state index contributed by atoms with van der Waals surface area (Å²) in [6.45, 7) is 4.90. The van der Waals surface area contributed by atoms with Gasteiger partial charge in [0.1, 0.15) is 16.8 Å². The van der Waals surface area contributed by atoms with Crippen molar-refractivity contribution < 1.29 is 9.53 Å². The quantitative estimate of drug-likeness (QED) is 0.447. The monoisotopic (exact) mass is 481 g/mol. The van der Waals surface area contributed by atoms with E-state index < -0.39 is 0 Å². The Morgan fingerprint density at radius 1 is 1.36 bits per heavy atom. The van der Waals surface area contributed by atoms with Crippen LogP contribution in [-0.2, 0) is 24.2 Å². The molecule has 0 fully saturated rings. The standard InChI is InChI=1S/C24H27N5O2S2/c1-4-15-10-11-16-18(13-25)23(33-20(16)12-15)26-21(30)14-32-24-28-27-22(29(24)5-2)17-8-6-7-9-19(17)31-3/h6-9,15H,4-5,10-12,14H2,1-3H3,(H,26,30). The molecule has 7 nitrogen and oxygen atoms in total. The molecular weight excluding hydrogens is 454 g/mol. The number of hydrogen-bond acceptors (Lipinski definition) is 7. The zero-order valence-electron chi connectivity index (χ0n) is 19.1. The van der Waals surface area contributed by atoms with Gasteiger partial charge in [0, 0.05) is 11.4 Å². The first-order valence-corrected chi connectivity index (χ1v) is 12.9. The Labute approximate surface area is 202 Å². The van der Waals surface area contributed by atoms with Crippen molar-refractivity contribution in [3.05, 3.63) is 40.3 Å². The molecule has 1 aromatic carbocycles. The highest BCUT2D eigenvalue weighted by Gasteiger charge is 2.26. The number of aromatic nitrogens is 3. The fourth-order valence-corrected chi connectivity index (χ4v) is 6.34. The molecule has 0 aliphatic heterocycles. The van der Waals surface area contributed by atoms with Crippen molar-refractivity contribution in [3.63, 3.8) is 0 Å². The second-order valence-corrected chi connectivity index (χ2v) is 9.97. The van der Waals surface area contributed by atoms with Gasteiger partial charge >= 0.3 is 0 Å². The molecule has 9 heteroatoms. The maximum atomic E-state index is 12.8. The number of nitrogens with zero attached hydrogens (tertiary/aromatic N) is 4. The molecule has 0 radical (unpaired) electrons. The molecule has 1 N–H and O–H groups in total. The summed E-state index contributed by atoms with van der Waals surface area (Å²) in [7, 11) is 1.63. The fraction of sp³-hybridized carbons (Fsp3) is 0.417. The largest absolute Gasteiger partial charge is 0.496 e. The van der Waals surface area contributed by atoms with Crippen molar-refractivity contribution in [1.82, 2.24) is 14.8 Å². The van der Waals surface area contributed by atoms with Crippen molar-refractivity contribution in [2.45, 2.75) is 51.2 Å². The van der Waals surface area contributed by atoms with Crippen LogP contribution in [0.1, 0.15) is 42.7 Å². The van der Waals surface area contributed by atoms with E-state index in [1.165, 1.54) is 16.6 Å². The van der Waals surface area contributed by atoms with Crippen LogP contribution >= 0.6 is 23.1 Å². The highest BCUT2D eigenvalue weighted by molar-refractivity contribution is 7.99. The lowest BCUT2D eigenvalue weighted by Crippen LogP contribution is -2.15. The van der Waals surface area contributed by atoms with E-state index >= 15 is 0 Å². The van der Waals surface area contributed by atoms with E-state index in [0.717, 1.165) is 42.6 Å². The number of methoxy groups -OCH3 is 1. The van der Waals surface area contributed by atoms with Gasteiger partial charge in [-0.2, -0.15) is 5.26 Å². The van der Waals surface area contributed by atoms with Gasteiger partial charge in [-0.15, -0.1) is 21.5 Å². The number of nitrogens with one attached hydrogen (secondary N) is 1. The number of nitriles is 1. The fourth-order valence-electron chi connectivity index (χ4n) is 4.21. The summed E-state index contributed by atoms with van der Waals surface area (Å²) in [5, 5.41) is 22.7. The average molecular weight is 482 g/mol. The van der Waals surface area contributed by atoms with Gasteiger partial charge in [-0.25, -0.2) is 0 Å². The Morgan fingerprint density at radius 3 is 2.91 bits per heavy atom. The summed E-state index contributed by atoms with van der Waals surface area (Å²) in [5.41, 5.74) is 2.62. The summed E-state index contributed by atoms with van der Waals surface area (Å²) in [6.07, 6.45) is 4.18. The third-order valence-corrected chi connectivity index (χ3v) is 8.16. The lowest BCUT2D eigenvalue weighted by molar-refractivity contribution is -0.113. The van der Waals surface area contributed by atoms with Crippen molar-refractivity contribution in [2.24, 2.45) is 5.92 Å². The van der Waals surface area contributed by atoms with Crippen LogP contribution in [0, 0.1) is 17.2 Å². The molecule has 0 saturated carbocycles. The highest BCUT2D eigenvalue weighted by Crippen LogP contribution is 2.40. The zero-order valence-corrected chi connectivity index (χ0v) is 20.7. The van der Waals surface area contributed by atoms with Crippen molar-refractivity contribution in [2.75, 3.05) is 18.2 Å². The van der Waals surface area contributed by atoms with Gasteiger partial charge in [-0.05, 0) is 49.8 Å². The Balaban J connectivity index is 1.47. The molecule has 33 heavy (non-hydrogen) atoms. The second-order valence-electron chi connectivity index (χ2n) is 7.92. The van der Waals surface area contributed by atoms with E-state index in [4.69, 9.17) is 4.74 Å². The molecule has 1 unspecified atom stereocenters. The van der Waals surface area contributed by atoms with Gasteiger partial charge < -0.3 is 14.6 Å². The molecule has 2 heterocycles. The third-order valence-electron chi connectivity index (χ3n) is 6.02. The normalized spacial score (nSPS) is 15.0. The van der Waals surface area contributed by atoms with Crippen LogP contribution < -0.4 is 10.1 Å². The molecule has 1 aliphatic rings. The smallest absolute Gasteiger partial charge is 0.235 e. The first-order valence-electron chi connectivity index (χ1n) is 11.1. The van der Waals surface area contributed by atoms with E-state index in [2.05, 4.69) is 28.5 Å². The Morgan fingerprint density at radius 2 is 2.18 bits per heavy atom. The van der Waals surface area contributed by atoms with Gasteiger partial charge in [-0.1, -0.05) is 37.2 Å². The molecule has 0 saturated heterocycles. The molecule has 0 spiro atoms. The number of benzene rings is 1. The molecule has 172 valence electrons. The van der Waals surface area contributed by atoms with Crippen molar-refractivity contribution in [3.8, 4) is 23.2 Å². The summed E-state index contributed by atoms with van der Waals surface area (Å²) < 4.78 is 7.44. The van der Waals surface area contributed by atoms with E-state index in [1.807, 2.05) is 35.8 Å². The lowest BCUT2D eigenvalue weighted by atomic mass is 9.86. The van der Waals surface area contributed by atoms with Crippen LogP contribution in [0.4, 0.5) is 5.00 Å². The number of anilines is 1. The van der Waals surface area contributed by atoms with Gasteiger partial charge in [0.15, 0.2) is 11.0 Å². The molecular formula is C24H27N5O2S2. The van der Waals surface area contributed by atoms with Crippen LogP contribution in [0.15, 0.2) is 29.4 Å². The molecule has 3 aromatic rings. The number of carbonyl (C=O) groups is 1. The van der Waals surface area contributed by atoms with E-state index in [9.17, 15) is 10.1 Å². The maximum Gasteiger partial charge on any atom is 0.235 e. The number of thioether (sulfide) groups is 1. The Bertz CT molecular complexity index is 1190. The number of rotatable bonds is 8. The van der Waals surface area contributed by atoms with Crippen LogP contribution in [-0.4, -0.2) is 33.5 Å². The first kappa shape index (κ1) is 23.3. The number of ether oxygens (including phenoxy) is 1. The van der Waals surface area contributed by atoms with Crippen molar-refractivity contribution in [1.29, 1.82) is 5.26 Å². The van der Waals surface area contributed by atoms with Gasteiger partial charge in [0.25, 0.3) is 0 Å². The third kappa shape index (κ3) is 4.77. The molecule has 1 amide bonds. The number of fused-ring (bicyclic) bond motifs is 1. The minimum absolute atomic E-state index is 0.147. The van der Waals surface area contributed by atoms with Crippen LogP contribution in [0.3, 0.4) is 0 Å². The van der Waals surface area contributed by atoms with E-state index in [0.29, 0.717) is 34.0 Å². The van der Waals surface area contributed by atoms with Gasteiger partial charge in [0.2, 0.25) is 5.91 Å². The number of amides is 1. The zero-order chi connectivity index (χ0) is 23.4. The Hall–Kier alpha value is -2.83. The second kappa shape index (κ2) is 10.4. The number of para-hydroxylation sites is 1. The molecule has 2 aromatic heterocycles. The molecule has 4 rings (SSSR count). The maximum absolute atomic E-state index is 12.8. The number of hydrogen-bond donors (Lipinski definition) is 1. The SMILES string of the molecule is CCC1CCc2c(sc(NC(=O)CSc3nnc(-c4ccccc4OC)n3CC)c2C#N)C1. The predicted molar refractivity (Wildman–Crippen MR) is 132 cm³/mol. The highest BCUT2D eigenvalue weighted by atomic mass is 32.2. The summed E-state index contributed by atoms with van der Waals surface area (Å²) in [6, 6.07) is 10.00. The summed E-state index contributed by atoms with van der Waals surface area (Å²) in [5.74, 6) is 2.15. The van der Waals surface area contributed by atoms with Gasteiger partial charge in [-0.3, -0.25) is 4.79 Å². The molecule has 1 aliphatic carbocycles. The summed E-state index contributed by atoms with van der Waals surface area (Å²) in [4.78, 5) is 14.0.